The van der Waals surface area contributed by atoms with Gasteiger partial charge in [-0.3, -0.25) is 5.32 Å². The van der Waals surface area contributed by atoms with Crippen molar-refractivity contribution in [2.75, 3.05) is 33.3 Å². The molecule has 14 heavy (non-hydrogen) atoms. The molecular formula is C11H22N2O. The van der Waals surface area contributed by atoms with Gasteiger partial charge in [-0.1, -0.05) is 13.8 Å². The molecule has 0 aromatic carbocycles. The maximum Gasteiger partial charge on any atom is 0.112 e. The Balaban J connectivity index is 1.83. The van der Waals surface area contributed by atoms with Crippen molar-refractivity contribution in [3.05, 3.63) is 0 Å². The second-order valence-electron chi connectivity index (χ2n) is 5.59. The molecule has 2 rings (SSSR count). The average molecular weight is 198 g/mol. The highest BCUT2D eigenvalue weighted by molar-refractivity contribution is 4.84. The summed E-state index contributed by atoms with van der Waals surface area (Å²) in [5, 5.41) is 3.52. The molecule has 2 heterocycles. The summed E-state index contributed by atoms with van der Waals surface area (Å²) in [6, 6.07) is 0. The molecule has 0 radical (unpaired) electrons. The van der Waals surface area contributed by atoms with E-state index < -0.39 is 0 Å². The molecule has 3 nitrogen and oxygen atoms in total. The first-order chi connectivity index (χ1) is 6.57. The fraction of sp³-hybridized carbons (Fsp3) is 1.00. The zero-order valence-electron chi connectivity index (χ0n) is 9.55. The van der Waals surface area contributed by atoms with Crippen LogP contribution >= 0.6 is 0 Å². The summed E-state index contributed by atoms with van der Waals surface area (Å²) in [4.78, 5) is 2.38. The van der Waals surface area contributed by atoms with E-state index in [0.717, 1.165) is 13.2 Å². The molecule has 0 aliphatic carbocycles. The Bertz CT molecular complexity index is 195. The van der Waals surface area contributed by atoms with Gasteiger partial charge in [-0.15, -0.1) is 0 Å². The van der Waals surface area contributed by atoms with Gasteiger partial charge in [-0.2, -0.15) is 0 Å². The fourth-order valence-electron chi connectivity index (χ4n) is 2.32. The van der Waals surface area contributed by atoms with Crippen LogP contribution in [-0.2, 0) is 4.74 Å². The summed E-state index contributed by atoms with van der Waals surface area (Å²) in [5.74, 6) is 0.691. The number of nitrogens with zero attached hydrogens (tertiary/aromatic N) is 1. The molecule has 2 aliphatic rings. The van der Waals surface area contributed by atoms with E-state index >= 15 is 0 Å². The molecule has 2 atom stereocenters. The first-order valence-corrected chi connectivity index (χ1v) is 5.60. The molecule has 0 aromatic rings. The third-order valence-corrected chi connectivity index (χ3v) is 3.29. The minimum Gasteiger partial charge on any atom is -0.362 e. The van der Waals surface area contributed by atoms with Gasteiger partial charge >= 0.3 is 0 Å². The molecule has 1 N–H and O–H groups in total. The second-order valence-corrected chi connectivity index (χ2v) is 5.59. The first kappa shape index (κ1) is 10.4. The predicted molar refractivity (Wildman–Crippen MR) is 57.1 cm³/mol. The van der Waals surface area contributed by atoms with E-state index in [1.165, 1.54) is 19.5 Å². The lowest BCUT2D eigenvalue weighted by molar-refractivity contribution is -0.0824. The normalized spacial score (nSPS) is 38.8. The molecule has 82 valence electrons. The quantitative estimate of drug-likeness (QED) is 0.678. The molecule has 2 aliphatic heterocycles. The molecule has 0 amide bonds. The Morgan fingerprint density at radius 2 is 2.21 bits per heavy atom. The van der Waals surface area contributed by atoms with Crippen LogP contribution in [0.2, 0.25) is 0 Å². The van der Waals surface area contributed by atoms with E-state index in [4.69, 9.17) is 4.74 Å². The Morgan fingerprint density at radius 3 is 2.71 bits per heavy atom. The summed E-state index contributed by atoms with van der Waals surface area (Å²) in [6.45, 7) is 8.87. The molecular weight excluding hydrogens is 176 g/mol. The van der Waals surface area contributed by atoms with Crippen molar-refractivity contribution < 1.29 is 4.74 Å². The van der Waals surface area contributed by atoms with Crippen LogP contribution < -0.4 is 5.32 Å². The number of likely N-dealkylation sites (tertiary alicyclic amines) is 1. The highest BCUT2D eigenvalue weighted by Gasteiger charge is 2.34. The van der Waals surface area contributed by atoms with Crippen LogP contribution in [-0.4, -0.2) is 44.4 Å². The molecule has 0 aromatic heterocycles. The largest absolute Gasteiger partial charge is 0.362 e. The molecule has 0 spiro atoms. The van der Waals surface area contributed by atoms with Crippen LogP contribution in [0.5, 0.6) is 0 Å². The third-order valence-electron chi connectivity index (χ3n) is 3.29. The Labute approximate surface area is 86.8 Å². The van der Waals surface area contributed by atoms with E-state index in [2.05, 4.69) is 31.1 Å². The van der Waals surface area contributed by atoms with Crippen LogP contribution in [0.4, 0.5) is 0 Å². The lowest BCUT2D eigenvalue weighted by atomic mass is 9.92. The van der Waals surface area contributed by atoms with Crippen molar-refractivity contribution in [3.8, 4) is 0 Å². The first-order valence-electron chi connectivity index (χ1n) is 5.60. The summed E-state index contributed by atoms with van der Waals surface area (Å²) in [6.07, 6.45) is 1.57. The summed E-state index contributed by atoms with van der Waals surface area (Å²) in [7, 11) is 2.19. The highest BCUT2D eigenvalue weighted by atomic mass is 16.5. The van der Waals surface area contributed by atoms with Crippen LogP contribution in [0.15, 0.2) is 0 Å². The van der Waals surface area contributed by atoms with Crippen LogP contribution in [0.3, 0.4) is 0 Å². The van der Waals surface area contributed by atoms with Crippen molar-refractivity contribution in [1.82, 2.24) is 10.2 Å². The zero-order chi connectivity index (χ0) is 10.2. The molecule has 2 fully saturated rings. The van der Waals surface area contributed by atoms with Gasteiger partial charge < -0.3 is 9.64 Å². The van der Waals surface area contributed by atoms with Crippen molar-refractivity contribution in [1.29, 1.82) is 0 Å². The van der Waals surface area contributed by atoms with Crippen molar-refractivity contribution in [2.24, 2.45) is 11.3 Å². The van der Waals surface area contributed by atoms with Crippen molar-refractivity contribution in [2.45, 2.75) is 26.5 Å². The van der Waals surface area contributed by atoms with Crippen LogP contribution in [0, 0.1) is 11.3 Å². The van der Waals surface area contributed by atoms with Gasteiger partial charge in [0.2, 0.25) is 0 Å². The van der Waals surface area contributed by atoms with E-state index in [-0.39, 0.29) is 0 Å². The SMILES string of the molecule is CN1CCC(C2NCC(C)(C)CO2)C1. The number of nitrogens with one attached hydrogen (secondary N) is 1. The maximum atomic E-state index is 5.89. The number of hydrogen-bond acceptors (Lipinski definition) is 3. The smallest absolute Gasteiger partial charge is 0.112 e. The molecule has 2 unspecified atom stereocenters. The van der Waals surface area contributed by atoms with E-state index in [1.807, 2.05) is 0 Å². The van der Waals surface area contributed by atoms with Crippen molar-refractivity contribution >= 4 is 0 Å². The third kappa shape index (κ3) is 2.27. The zero-order valence-corrected chi connectivity index (χ0v) is 9.55. The molecule has 0 bridgehead atoms. The van der Waals surface area contributed by atoms with Crippen LogP contribution in [0.25, 0.3) is 0 Å². The second kappa shape index (κ2) is 3.80. The van der Waals surface area contributed by atoms with Gasteiger partial charge in [0.05, 0.1) is 6.61 Å². The van der Waals surface area contributed by atoms with Gasteiger partial charge in [0.1, 0.15) is 6.23 Å². The van der Waals surface area contributed by atoms with Gasteiger partial charge in [0, 0.05) is 24.4 Å². The lowest BCUT2D eigenvalue weighted by Crippen LogP contribution is -2.51. The number of rotatable bonds is 1. The Kier molecular flexibility index (Phi) is 2.82. The molecule has 3 heteroatoms. The monoisotopic (exact) mass is 198 g/mol. The van der Waals surface area contributed by atoms with Gasteiger partial charge in [0.15, 0.2) is 0 Å². The van der Waals surface area contributed by atoms with Gasteiger partial charge in [-0.25, -0.2) is 0 Å². The predicted octanol–water partition coefficient (Wildman–Crippen LogP) is 0.910. The number of hydrogen-bond donors (Lipinski definition) is 1. The van der Waals surface area contributed by atoms with Crippen LogP contribution in [0.1, 0.15) is 20.3 Å². The summed E-state index contributed by atoms with van der Waals surface area (Å²) < 4.78 is 5.89. The number of ether oxygens (including phenoxy) is 1. The van der Waals surface area contributed by atoms with Gasteiger partial charge in [0.25, 0.3) is 0 Å². The summed E-state index contributed by atoms with van der Waals surface area (Å²) >= 11 is 0. The maximum absolute atomic E-state index is 5.89. The topological polar surface area (TPSA) is 24.5 Å². The lowest BCUT2D eigenvalue weighted by Gasteiger charge is -2.38. The minimum absolute atomic E-state index is 0.299. The Morgan fingerprint density at radius 1 is 1.43 bits per heavy atom. The Hall–Kier alpha value is -0.120. The van der Waals surface area contributed by atoms with E-state index in [1.54, 1.807) is 0 Å². The minimum atomic E-state index is 0.299. The average Bonchev–Trinajstić information content (AvgIpc) is 2.52. The molecule has 2 saturated heterocycles. The van der Waals surface area contributed by atoms with E-state index in [9.17, 15) is 0 Å². The highest BCUT2D eigenvalue weighted by Crippen LogP contribution is 2.26. The van der Waals surface area contributed by atoms with Crippen molar-refractivity contribution in [3.63, 3.8) is 0 Å². The van der Waals surface area contributed by atoms with Gasteiger partial charge in [-0.05, 0) is 20.0 Å². The standard InChI is InChI=1S/C11H22N2O/c1-11(2)7-12-10(14-8-11)9-4-5-13(3)6-9/h9-10,12H,4-8H2,1-3H3. The summed E-state index contributed by atoms with van der Waals surface area (Å²) in [5.41, 5.74) is 0.307. The fourth-order valence-corrected chi connectivity index (χ4v) is 2.32. The molecule has 0 saturated carbocycles. The van der Waals surface area contributed by atoms with E-state index in [0.29, 0.717) is 17.6 Å².